The van der Waals surface area contributed by atoms with Gasteiger partial charge in [-0.25, -0.2) is 4.79 Å². The molecule has 0 fully saturated rings. The van der Waals surface area contributed by atoms with E-state index in [0.717, 1.165) is 6.29 Å². The average Bonchev–Trinajstić information content (AvgIpc) is 2.90. The van der Waals surface area contributed by atoms with Gasteiger partial charge >= 0.3 is 5.97 Å². The summed E-state index contributed by atoms with van der Waals surface area (Å²) in [4.78, 5) is 28.1. The van der Waals surface area contributed by atoms with Crippen molar-refractivity contribution in [2.45, 2.75) is 6.92 Å². The van der Waals surface area contributed by atoms with Crippen LogP contribution in [0.5, 0.6) is 0 Å². The molecule has 0 unspecified atom stereocenters. The molecule has 3 aromatic rings. The molecule has 0 N–H and O–H groups in total. The molecule has 0 saturated carbocycles. The lowest BCUT2D eigenvalue weighted by atomic mass is 10.0. The number of carbonyl (C=O) groups is 2. The van der Waals surface area contributed by atoms with E-state index in [1.54, 1.807) is 42.0 Å². The predicted molar refractivity (Wildman–Crippen MR) is 82.0 cm³/mol. The van der Waals surface area contributed by atoms with Crippen LogP contribution >= 0.6 is 0 Å². The number of nitrogens with zero attached hydrogens (tertiary/aromatic N) is 2. The van der Waals surface area contributed by atoms with E-state index in [1.165, 1.54) is 0 Å². The first kappa shape index (κ1) is 14.0. The Balaban J connectivity index is 2.39. The molecule has 5 heteroatoms. The number of hydrogen-bond acceptors (Lipinski definition) is 4. The molecule has 5 nitrogen and oxygen atoms in total. The number of esters is 1. The summed E-state index contributed by atoms with van der Waals surface area (Å²) in [7, 11) is 0. The summed E-state index contributed by atoms with van der Waals surface area (Å²) >= 11 is 0. The van der Waals surface area contributed by atoms with Crippen LogP contribution in [0.25, 0.3) is 16.6 Å². The topological polar surface area (TPSA) is 60.7 Å². The third kappa shape index (κ3) is 2.16. The Labute approximate surface area is 127 Å². The fourth-order valence-corrected chi connectivity index (χ4v) is 2.56. The molecule has 0 bridgehead atoms. The smallest absolute Gasteiger partial charge is 0.340 e. The van der Waals surface area contributed by atoms with Crippen LogP contribution in [-0.4, -0.2) is 28.2 Å². The van der Waals surface area contributed by atoms with E-state index in [-0.39, 0.29) is 6.61 Å². The second-order valence-corrected chi connectivity index (χ2v) is 4.67. The zero-order chi connectivity index (χ0) is 15.5. The highest BCUT2D eigenvalue weighted by Gasteiger charge is 2.25. The number of carbonyl (C=O) groups excluding carboxylic acids is 2. The third-order valence-corrected chi connectivity index (χ3v) is 3.42. The van der Waals surface area contributed by atoms with Crippen LogP contribution in [0.1, 0.15) is 27.8 Å². The van der Waals surface area contributed by atoms with Gasteiger partial charge < -0.3 is 9.14 Å². The minimum atomic E-state index is -0.446. The molecule has 0 spiro atoms. The first-order valence-electron chi connectivity index (χ1n) is 6.93. The molecule has 3 rings (SSSR count). The molecular weight excluding hydrogens is 280 g/mol. The van der Waals surface area contributed by atoms with Gasteiger partial charge in [-0.1, -0.05) is 12.1 Å². The molecule has 110 valence electrons. The van der Waals surface area contributed by atoms with Crippen LogP contribution in [0.2, 0.25) is 0 Å². The van der Waals surface area contributed by atoms with E-state index < -0.39 is 5.97 Å². The Morgan fingerprint density at radius 2 is 2.18 bits per heavy atom. The van der Waals surface area contributed by atoms with Crippen molar-refractivity contribution in [3.63, 3.8) is 0 Å². The van der Waals surface area contributed by atoms with Crippen LogP contribution in [0, 0.1) is 0 Å². The number of aldehydes is 1. The summed E-state index contributed by atoms with van der Waals surface area (Å²) in [5.41, 5.74) is 2.69. The number of ether oxygens (including phenoxy) is 1. The monoisotopic (exact) mass is 294 g/mol. The minimum Gasteiger partial charge on any atom is -0.462 e. The van der Waals surface area contributed by atoms with Crippen LogP contribution in [0.15, 0.2) is 48.9 Å². The highest BCUT2D eigenvalue weighted by molar-refractivity contribution is 6.09. The average molecular weight is 294 g/mol. The van der Waals surface area contributed by atoms with E-state index >= 15 is 0 Å². The van der Waals surface area contributed by atoms with Gasteiger partial charge in [0.15, 0.2) is 6.29 Å². The lowest BCUT2D eigenvalue weighted by Gasteiger charge is -2.05. The summed E-state index contributed by atoms with van der Waals surface area (Å²) < 4.78 is 6.86. The predicted octanol–water partition coefficient (Wildman–Crippen LogP) is 2.99. The minimum absolute atomic E-state index is 0.270. The van der Waals surface area contributed by atoms with E-state index in [1.807, 2.05) is 18.2 Å². The van der Waals surface area contributed by atoms with E-state index in [0.29, 0.717) is 27.9 Å². The Kier molecular flexibility index (Phi) is 3.70. The number of pyridine rings is 2. The van der Waals surface area contributed by atoms with E-state index in [9.17, 15) is 9.59 Å². The first-order valence-corrected chi connectivity index (χ1v) is 6.93. The Hall–Kier alpha value is -2.95. The van der Waals surface area contributed by atoms with Gasteiger partial charge in [0.05, 0.1) is 23.4 Å². The molecule has 0 aliphatic rings. The van der Waals surface area contributed by atoms with Crippen LogP contribution in [-0.2, 0) is 4.74 Å². The molecule has 3 aromatic heterocycles. The number of hydrogen-bond donors (Lipinski definition) is 0. The molecular formula is C17H14N2O3. The van der Waals surface area contributed by atoms with Gasteiger partial charge in [-0.15, -0.1) is 0 Å². The maximum atomic E-state index is 12.4. The highest BCUT2D eigenvalue weighted by Crippen LogP contribution is 2.32. The molecule has 0 aliphatic heterocycles. The van der Waals surface area contributed by atoms with Crippen molar-refractivity contribution in [3.8, 4) is 11.1 Å². The highest BCUT2D eigenvalue weighted by atomic mass is 16.5. The van der Waals surface area contributed by atoms with Crippen molar-refractivity contribution in [3.05, 3.63) is 60.2 Å². The van der Waals surface area contributed by atoms with Crippen LogP contribution in [0.3, 0.4) is 0 Å². The third-order valence-electron chi connectivity index (χ3n) is 3.42. The maximum Gasteiger partial charge on any atom is 0.340 e. The largest absolute Gasteiger partial charge is 0.462 e. The van der Waals surface area contributed by atoms with Crippen LogP contribution in [0.4, 0.5) is 0 Å². The van der Waals surface area contributed by atoms with Gasteiger partial charge in [-0.2, -0.15) is 0 Å². The van der Waals surface area contributed by atoms with Gasteiger partial charge in [0, 0.05) is 29.7 Å². The molecule has 0 amide bonds. The van der Waals surface area contributed by atoms with Crippen molar-refractivity contribution in [2.24, 2.45) is 0 Å². The standard InChI is InChI=1S/C17H14N2O3/c1-2-22-17(21)16-13-7-3-4-9-19(13)14(11-20)15(16)12-6-5-8-18-10-12/h3-11H,2H2,1H3. The van der Waals surface area contributed by atoms with Crippen molar-refractivity contribution < 1.29 is 14.3 Å². The fraction of sp³-hybridized carbons (Fsp3) is 0.118. The van der Waals surface area contributed by atoms with Gasteiger partial charge in [0.2, 0.25) is 0 Å². The van der Waals surface area contributed by atoms with E-state index in [4.69, 9.17) is 4.74 Å². The molecule has 3 heterocycles. The van der Waals surface area contributed by atoms with Crippen molar-refractivity contribution in [1.82, 2.24) is 9.38 Å². The first-order chi connectivity index (χ1) is 10.8. The SMILES string of the molecule is CCOC(=O)c1c(-c2cccnc2)c(C=O)n2ccccc12. The van der Waals surface area contributed by atoms with Crippen LogP contribution < -0.4 is 0 Å². The molecule has 0 aromatic carbocycles. The number of rotatable bonds is 4. The summed E-state index contributed by atoms with van der Waals surface area (Å²) in [6.45, 7) is 2.02. The Bertz CT molecular complexity index is 838. The zero-order valence-corrected chi connectivity index (χ0v) is 12.0. The van der Waals surface area contributed by atoms with E-state index in [2.05, 4.69) is 4.98 Å². The fourth-order valence-electron chi connectivity index (χ4n) is 2.56. The van der Waals surface area contributed by atoms with Gasteiger partial charge in [-0.05, 0) is 25.1 Å². The molecule has 0 aliphatic carbocycles. The molecule has 0 atom stereocenters. The van der Waals surface area contributed by atoms with Crippen molar-refractivity contribution in [2.75, 3.05) is 6.61 Å². The number of fused-ring (bicyclic) bond motifs is 1. The normalized spacial score (nSPS) is 10.6. The van der Waals surface area contributed by atoms with Gasteiger partial charge in [0.1, 0.15) is 0 Å². The molecule has 0 radical (unpaired) electrons. The lowest BCUT2D eigenvalue weighted by molar-refractivity contribution is 0.0529. The summed E-state index contributed by atoms with van der Waals surface area (Å²) in [5, 5.41) is 0. The second-order valence-electron chi connectivity index (χ2n) is 4.67. The number of aromatic nitrogens is 2. The quantitative estimate of drug-likeness (QED) is 0.548. The zero-order valence-electron chi connectivity index (χ0n) is 12.0. The Morgan fingerprint density at radius 3 is 2.86 bits per heavy atom. The van der Waals surface area contributed by atoms with Gasteiger partial charge in [-0.3, -0.25) is 9.78 Å². The van der Waals surface area contributed by atoms with Crippen molar-refractivity contribution in [1.29, 1.82) is 0 Å². The lowest BCUT2D eigenvalue weighted by Crippen LogP contribution is -2.05. The summed E-state index contributed by atoms with van der Waals surface area (Å²) in [6.07, 6.45) is 5.77. The van der Waals surface area contributed by atoms with Gasteiger partial charge in [0.25, 0.3) is 0 Å². The molecule has 0 saturated heterocycles. The molecule has 22 heavy (non-hydrogen) atoms. The maximum absolute atomic E-state index is 12.4. The summed E-state index contributed by atoms with van der Waals surface area (Å²) in [5.74, 6) is -0.446. The van der Waals surface area contributed by atoms with Crippen molar-refractivity contribution >= 4 is 17.8 Å². The summed E-state index contributed by atoms with van der Waals surface area (Å²) in [6, 6.07) is 9.00. The second kappa shape index (κ2) is 5.81. The Morgan fingerprint density at radius 1 is 1.32 bits per heavy atom.